The van der Waals surface area contributed by atoms with Crippen LogP contribution >= 0.6 is 11.3 Å². The molecule has 0 bridgehead atoms. The van der Waals surface area contributed by atoms with Gasteiger partial charge in [-0.2, -0.15) is 0 Å². The van der Waals surface area contributed by atoms with Gasteiger partial charge in [0.2, 0.25) is 0 Å². The Bertz CT molecular complexity index is 1030. The minimum absolute atomic E-state index is 0.750. The van der Waals surface area contributed by atoms with Crippen LogP contribution in [0.2, 0.25) is 0 Å². The van der Waals surface area contributed by atoms with Crippen LogP contribution in [0, 0.1) is 0 Å². The zero-order chi connectivity index (χ0) is 18.6. The highest BCUT2D eigenvalue weighted by molar-refractivity contribution is 7.19. The van der Waals surface area contributed by atoms with Crippen LogP contribution < -0.4 is 9.64 Å². The fourth-order valence-corrected chi connectivity index (χ4v) is 3.67. The summed E-state index contributed by atoms with van der Waals surface area (Å²) >= 11 is 1.64. The summed E-state index contributed by atoms with van der Waals surface area (Å²) in [6.45, 7) is 0. The average Bonchev–Trinajstić information content (AvgIpc) is 3.13. The number of fused-ring (bicyclic) bond motifs is 1. The van der Waals surface area contributed by atoms with Crippen molar-refractivity contribution >= 4 is 39.1 Å². The lowest BCUT2D eigenvalue weighted by atomic mass is 10.2. The number of ether oxygens (including phenoxy) is 1. The summed E-state index contributed by atoms with van der Waals surface area (Å²) in [4.78, 5) is 6.85. The second kappa shape index (κ2) is 7.64. The number of hydrogen-bond donors (Lipinski definition) is 0. The quantitative estimate of drug-likeness (QED) is 0.405. The average molecular weight is 372 g/mol. The van der Waals surface area contributed by atoms with Crippen LogP contribution in [0.15, 0.2) is 78.9 Å². The summed E-state index contributed by atoms with van der Waals surface area (Å²) in [5.41, 5.74) is 3.23. The molecule has 1 aromatic heterocycles. The van der Waals surface area contributed by atoms with E-state index in [9.17, 15) is 0 Å². The van der Waals surface area contributed by atoms with Crippen molar-refractivity contribution in [2.24, 2.45) is 0 Å². The molecule has 0 saturated carbocycles. The van der Waals surface area contributed by atoms with E-state index < -0.39 is 0 Å². The van der Waals surface area contributed by atoms with Gasteiger partial charge in [-0.05, 0) is 48.0 Å². The Hall–Kier alpha value is -3.11. The van der Waals surface area contributed by atoms with Gasteiger partial charge in [0.15, 0.2) is 10.8 Å². The smallest absolute Gasteiger partial charge is 0.163 e. The molecular weight excluding hydrogens is 352 g/mol. The molecule has 27 heavy (non-hydrogen) atoms. The summed E-state index contributed by atoms with van der Waals surface area (Å²) in [5.74, 6) is 1.55. The van der Waals surface area contributed by atoms with Crippen LogP contribution in [0.25, 0.3) is 22.1 Å². The zero-order valence-electron chi connectivity index (χ0n) is 15.3. The maximum absolute atomic E-state index is 6.21. The fraction of sp³-hybridized carbons (Fsp3) is 0.0870. The number of hydrogen-bond acceptors (Lipinski definition) is 4. The summed E-state index contributed by atoms with van der Waals surface area (Å²) < 4.78 is 7.36. The highest BCUT2D eigenvalue weighted by Crippen LogP contribution is 2.30. The van der Waals surface area contributed by atoms with Crippen LogP contribution in [-0.4, -0.2) is 19.1 Å². The van der Waals surface area contributed by atoms with Crippen LogP contribution in [0.4, 0.5) is 5.69 Å². The molecule has 0 amide bonds. The Morgan fingerprint density at radius 3 is 2.30 bits per heavy atom. The lowest BCUT2D eigenvalue weighted by molar-refractivity contribution is 0.518. The summed E-state index contributed by atoms with van der Waals surface area (Å²) in [6, 6.07) is 26.4. The Labute approximate surface area is 163 Å². The van der Waals surface area contributed by atoms with E-state index in [-0.39, 0.29) is 0 Å². The standard InChI is InChI=1S/C23H20N2OS/c1-25(2)18-14-12-17(13-15-18)16-21(26-19-8-4-3-5-9-19)23-24-20-10-6-7-11-22(20)27-23/h3-16H,1-2H3/b21-16+. The van der Waals surface area contributed by atoms with Crippen molar-refractivity contribution in [3.8, 4) is 5.75 Å². The third kappa shape index (κ3) is 4.01. The molecule has 0 N–H and O–H groups in total. The highest BCUT2D eigenvalue weighted by atomic mass is 32.1. The minimum Gasteiger partial charge on any atom is -0.454 e. The van der Waals surface area contributed by atoms with Crippen molar-refractivity contribution in [2.45, 2.75) is 0 Å². The first-order chi connectivity index (χ1) is 13.2. The SMILES string of the molecule is CN(C)c1ccc(/C=C(/Oc2ccccc2)c2nc3ccccc3s2)cc1. The Kier molecular flexibility index (Phi) is 4.90. The second-order valence-corrected chi connectivity index (χ2v) is 7.43. The van der Waals surface area contributed by atoms with Gasteiger partial charge in [0, 0.05) is 19.8 Å². The van der Waals surface area contributed by atoms with E-state index in [1.165, 1.54) is 0 Å². The molecule has 0 spiro atoms. The number of para-hydroxylation sites is 2. The van der Waals surface area contributed by atoms with Crippen molar-refractivity contribution in [2.75, 3.05) is 19.0 Å². The number of thiazole rings is 1. The minimum atomic E-state index is 0.750. The highest BCUT2D eigenvalue weighted by Gasteiger charge is 2.12. The molecule has 4 rings (SSSR count). The number of rotatable bonds is 5. The summed E-state index contributed by atoms with van der Waals surface area (Å²) in [7, 11) is 4.08. The third-order valence-electron chi connectivity index (χ3n) is 4.18. The van der Waals surface area contributed by atoms with Gasteiger partial charge >= 0.3 is 0 Å². The molecule has 0 fully saturated rings. The lowest BCUT2D eigenvalue weighted by Crippen LogP contribution is -2.07. The molecular formula is C23H20N2OS. The van der Waals surface area contributed by atoms with Crippen molar-refractivity contribution in [1.29, 1.82) is 0 Å². The Balaban J connectivity index is 1.75. The monoisotopic (exact) mass is 372 g/mol. The maximum atomic E-state index is 6.21. The number of nitrogens with zero attached hydrogens (tertiary/aromatic N) is 2. The number of benzene rings is 3. The van der Waals surface area contributed by atoms with Crippen LogP contribution in [0.5, 0.6) is 5.75 Å². The molecule has 0 unspecified atom stereocenters. The molecule has 0 aliphatic carbocycles. The van der Waals surface area contributed by atoms with Gasteiger partial charge in [-0.3, -0.25) is 0 Å². The van der Waals surface area contributed by atoms with Gasteiger partial charge in [-0.15, -0.1) is 11.3 Å². The molecule has 0 saturated heterocycles. The van der Waals surface area contributed by atoms with Gasteiger partial charge in [0.25, 0.3) is 0 Å². The molecule has 1 heterocycles. The predicted molar refractivity (Wildman–Crippen MR) is 115 cm³/mol. The molecule has 4 heteroatoms. The first-order valence-corrected chi connectivity index (χ1v) is 9.58. The molecule has 0 aliphatic rings. The van der Waals surface area contributed by atoms with E-state index in [4.69, 9.17) is 9.72 Å². The van der Waals surface area contributed by atoms with E-state index >= 15 is 0 Å². The van der Waals surface area contributed by atoms with Crippen molar-refractivity contribution in [3.05, 3.63) is 89.4 Å². The summed E-state index contributed by atoms with van der Waals surface area (Å²) in [6.07, 6.45) is 2.05. The van der Waals surface area contributed by atoms with Crippen molar-refractivity contribution in [1.82, 2.24) is 4.98 Å². The zero-order valence-corrected chi connectivity index (χ0v) is 16.1. The van der Waals surface area contributed by atoms with Crippen LogP contribution in [-0.2, 0) is 0 Å². The van der Waals surface area contributed by atoms with Gasteiger partial charge in [-0.1, -0.05) is 42.5 Å². The second-order valence-electron chi connectivity index (χ2n) is 6.40. The predicted octanol–water partition coefficient (Wildman–Crippen LogP) is 5.94. The van der Waals surface area contributed by atoms with E-state index in [1.807, 2.05) is 68.7 Å². The fourth-order valence-electron chi connectivity index (χ4n) is 2.75. The first kappa shape index (κ1) is 17.3. The van der Waals surface area contributed by atoms with E-state index in [2.05, 4.69) is 35.2 Å². The van der Waals surface area contributed by atoms with Gasteiger partial charge in [-0.25, -0.2) is 4.98 Å². The molecule has 4 aromatic rings. The van der Waals surface area contributed by atoms with Gasteiger partial charge < -0.3 is 9.64 Å². The first-order valence-electron chi connectivity index (χ1n) is 8.77. The van der Waals surface area contributed by atoms with Crippen LogP contribution in [0.3, 0.4) is 0 Å². The van der Waals surface area contributed by atoms with Crippen molar-refractivity contribution in [3.63, 3.8) is 0 Å². The summed E-state index contributed by atoms with van der Waals surface area (Å²) in [5, 5.41) is 0.872. The molecule has 3 aromatic carbocycles. The molecule has 0 atom stereocenters. The maximum Gasteiger partial charge on any atom is 0.163 e. The van der Waals surface area contributed by atoms with Crippen molar-refractivity contribution < 1.29 is 4.74 Å². The number of aromatic nitrogens is 1. The van der Waals surface area contributed by atoms with Gasteiger partial charge in [0.1, 0.15) is 5.75 Å². The van der Waals surface area contributed by atoms with E-state index in [1.54, 1.807) is 11.3 Å². The molecule has 3 nitrogen and oxygen atoms in total. The Morgan fingerprint density at radius 1 is 0.889 bits per heavy atom. The molecule has 0 aliphatic heterocycles. The topological polar surface area (TPSA) is 25.4 Å². The third-order valence-corrected chi connectivity index (χ3v) is 5.23. The van der Waals surface area contributed by atoms with Gasteiger partial charge in [0.05, 0.1) is 10.2 Å². The molecule has 134 valence electrons. The molecule has 0 radical (unpaired) electrons. The van der Waals surface area contributed by atoms with Crippen LogP contribution in [0.1, 0.15) is 10.6 Å². The lowest BCUT2D eigenvalue weighted by Gasteiger charge is -2.12. The van der Waals surface area contributed by atoms with E-state index in [0.717, 1.165) is 38.0 Å². The number of anilines is 1. The largest absolute Gasteiger partial charge is 0.454 e. The van der Waals surface area contributed by atoms with E-state index in [0.29, 0.717) is 0 Å². The normalized spacial score (nSPS) is 11.6. The Morgan fingerprint density at radius 2 is 1.59 bits per heavy atom.